The van der Waals surface area contributed by atoms with Crippen LogP contribution in [-0.4, -0.2) is 60.8 Å². The Labute approximate surface area is 383 Å². The molecule has 0 fully saturated rings. The van der Waals surface area contributed by atoms with Gasteiger partial charge >= 0.3 is 41.5 Å². The number of allylic oxidation sites excluding steroid dienone is 2. The van der Waals surface area contributed by atoms with Crippen molar-refractivity contribution in [3.8, 4) is 0 Å². The number of phosphoric acid groups is 1. The number of unbranched alkanes of at least 4 members (excludes halogenated alkanes) is 11. The molecule has 0 saturated heterocycles. The first kappa shape index (κ1) is 20.4. The maximum Gasteiger partial charge on any atom is 1.00 e. The van der Waals surface area contributed by atoms with Crippen LogP contribution in [0.3, 0.4) is 0 Å². The predicted molar refractivity (Wildman–Crippen MR) is 203 cm³/mol. The molecule has 52 heavy (non-hydrogen) atoms. The number of esters is 2. The van der Waals surface area contributed by atoms with Crippen LogP contribution in [0.5, 0.6) is 0 Å². The van der Waals surface area contributed by atoms with Gasteiger partial charge in [0.25, 0.3) is 7.82 Å². The number of ether oxygens (including phenoxy) is 2. The molecule has 10 nitrogen and oxygen atoms in total. The van der Waals surface area contributed by atoms with Gasteiger partial charge in [0, 0.05) is 55.3 Å². The van der Waals surface area contributed by atoms with E-state index in [1.54, 1.807) is 0 Å². The third-order valence-corrected chi connectivity index (χ3v) is 7.24. The minimum absolute atomic E-state index is 0. The Balaban J connectivity index is 0. The Hall–Kier alpha value is -0.290. The minimum Gasteiger partial charge on any atom is -0.756 e. The number of carbonyl (C=O) groups is 2. The van der Waals surface area contributed by atoms with Gasteiger partial charge in [-0.1, -0.05) is 154 Å². The van der Waals surface area contributed by atoms with Crippen molar-refractivity contribution in [3.63, 3.8) is 0 Å². The van der Waals surface area contributed by atoms with Gasteiger partial charge in [-0.2, -0.15) is 0 Å². The van der Waals surface area contributed by atoms with Crippen molar-refractivity contribution in [2.45, 2.75) is 205 Å². The van der Waals surface area contributed by atoms with Crippen LogP contribution in [0.2, 0.25) is 0 Å². The van der Waals surface area contributed by atoms with Gasteiger partial charge in [0.1, 0.15) is 12.7 Å². The Morgan fingerprint density at radius 3 is 1.79 bits per heavy atom. The number of phosphoric ester groups is 1. The van der Waals surface area contributed by atoms with E-state index in [4.69, 9.17) is 57.1 Å². The molecule has 0 saturated carbocycles. The standard InChI is InChI=1S/C40H77O10P.Na/c1-3-5-7-9-11-13-15-17-18-20-22-24-26-28-30-32-40(44)50-38(36-49-51(45,46)48-34-37(42)33-41)35-47-39(43)31-29-27-25-23-21-19-16-14-12-10-8-6-4-2;/h17-18,37-38,41-42H,3-16,19-36H2,1-2H3,(H,45,46);/q;+1/p-1/b18-17-;/t37?,38-;/m1./s1/i2D3,4D2,6D2,8D2,10D2,12D2,14D2,16D2,19D2,21D2,23D2,25D2,27D2,29D2,31D2;. The monoisotopic (exact) mass is 802 g/mol. The van der Waals surface area contributed by atoms with Gasteiger partial charge in [-0.05, 0) is 38.5 Å². The molecular weight excluding hydrogens is 694 g/mol. The van der Waals surface area contributed by atoms with E-state index < -0.39 is 154 Å². The summed E-state index contributed by atoms with van der Waals surface area (Å²) in [5.74, 6) is -3.65. The molecule has 0 aromatic carbocycles. The van der Waals surface area contributed by atoms with Gasteiger partial charge in [0.15, 0.2) is 6.10 Å². The van der Waals surface area contributed by atoms with E-state index in [1.807, 2.05) is 0 Å². The molecule has 0 aromatic rings. The fourth-order valence-electron chi connectivity index (χ4n) is 3.77. The molecule has 0 amide bonds. The van der Waals surface area contributed by atoms with Gasteiger partial charge in [0.05, 0.1) is 19.8 Å². The Kier molecular flexibility index (Phi) is 15.8. The first-order valence-corrected chi connectivity index (χ1v) is 18.3. The molecule has 0 bridgehead atoms. The van der Waals surface area contributed by atoms with Crippen molar-refractivity contribution in [3.05, 3.63) is 12.2 Å². The summed E-state index contributed by atoms with van der Waals surface area (Å²) in [4.78, 5) is 38.6. The fourth-order valence-corrected chi connectivity index (χ4v) is 4.55. The molecule has 0 radical (unpaired) electrons. The number of aliphatic hydroxyl groups is 2. The summed E-state index contributed by atoms with van der Waals surface area (Å²) in [6, 6.07) is 0. The number of hydrogen-bond acceptors (Lipinski definition) is 10. The molecule has 2 unspecified atom stereocenters. The van der Waals surface area contributed by atoms with Crippen molar-refractivity contribution in [1.29, 1.82) is 0 Å². The van der Waals surface area contributed by atoms with Crippen molar-refractivity contribution >= 4 is 19.8 Å². The summed E-state index contributed by atoms with van der Waals surface area (Å²) in [6.07, 6.45) is -58.3. The van der Waals surface area contributed by atoms with E-state index in [0.29, 0.717) is 12.8 Å². The maximum atomic E-state index is 13.4. The van der Waals surface area contributed by atoms with Gasteiger partial charge in [-0.25, -0.2) is 0 Å². The molecule has 0 rings (SSSR count). The second-order valence-electron chi connectivity index (χ2n) is 10.7. The summed E-state index contributed by atoms with van der Waals surface area (Å²) in [6.45, 7) is -6.85. The molecule has 0 heterocycles. The average molecular weight is 802 g/mol. The molecule has 2 N–H and O–H groups in total. The molecule has 0 aliphatic heterocycles. The quantitative estimate of drug-likeness (QED) is 0.0223. The van der Waals surface area contributed by atoms with Crippen LogP contribution in [0.4, 0.5) is 0 Å². The van der Waals surface area contributed by atoms with Gasteiger partial charge < -0.3 is 33.6 Å². The summed E-state index contributed by atoms with van der Waals surface area (Å²) < 4.78 is 285. The normalized spacial score (nSPS) is 26.7. The van der Waals surface area contributed by atoms with Crippen LogP contribution >= 0.6 is 7.82 Å². The van der Waals surface area contributed by atoms with Crippen molar-refractivity contribution in [1.82, 2.24) is 0 Å². The Morgan fingerprint density at radius 2 is 1.23 bits per heavy atom. The summed E-state index contributed by atoms with van der Waals surface area (Å²) in [5.41, 5.74) is 0. The van der Waals surface area contributed by atoms with Crippen molar-refractivity contribution in [2.24, 2.45) is 0 Å². The third-order valence-electron chi connectivity index (χ3n) is 6.31. The number of hydrogen-bond donors (Lipinski definition) is 2. The van der Waals surface area contributed by atoms with Gasteiger partial charge in [-0.15, -0.1) is 0 Å². The van der Waals surface area contributed by atoms with Crippen molar-refractivity contribution in [2.75, 3.05) is 26.4 Å². The Morgan fingerprint density at radius 1 is 0.731 bits per heavy atom. The number of carbonyl (C=O) groups excluding carboxylic acids is 2. The van der Waals surface area contributed by atoms with Crippen LogP contribution in [0.25, 0.3) is 0 Å². The van der Waals surface area contributed by atoms with Crippen molar-refractivity contribution < 1.29 is 120 Å². The zero-order valence-corrected chi connectivity index (χ0v) is 33.0. The fraction of sp³-hybridized carbons (Fsp3) is 0.900. The van der Waals surface area contributed by atoms with Crippen LogP contribution in [0, 0.1) is 0 Å². The topological polar surface area (TPSA) is 152 Å². The van der Waals surface area contributed by atoms with E-state index in [2.05, 4.69) is 28.1 Å². The van der Waals surface area contributed by atoms with Crippen LogP contribution in [0.15, 0.2) is 12.2 Å². The molecule has 0 aromatic heterocycles. The zero-order valence-electron chi connectivity index (χ0n) is 61.1. The Bertz CT molecular complexity index is 2130. The molecule has 12 heteroatoms. The largest absolute Gasteiger partial charge is 1.00 e. The van der Waals surface area contributed by atoms with E-state index >= 15 is 0 Å². The molecule has 3 atom stereocenters. The molecule has 0 aliphatic rings. The SMILES string of the molecule is [2H]C([2H])([2H])C([2H])([2H])C([2H])([2H])C([2H])([2H])C([2H])([2H])C([2H])([2H])C([2H])([2H])C([2H])([2H])C([2H])([2H])C([2H])([2H])C([2H])([2H])C([2H])([2H])C([2H])([2H])C([2H])([2H])C([2H])([2H])C(=O)OC[C@H](COP(=O)([O-])OCC(O)CO)OC(=O)CCCCCCC/C=C\CCCCCCCC.[Na+]. The van der Waals surface area contributed by atoms with E-state index in [-0.39, 0.29) is 42.4 Å². The summed E-state index contributed by atoms with van der Waals surface area (Å²) >= 11 is 0. The molecule has 302 valence electrons. The molecule has 0 spiro atoms. The zero-order chi connectivity index (χ0) is 65.3. The van der Waals surface area contributed by atoms with E-state index in [0.717, 1.165) is 38.5 Å². The van der Waals surface area contributed by atoms with Crippen LogP contribution < -0.4 is 34.5 Å². The molecular formula is C40H76NaO10P. The van der Waals surface area contributed by atoms with E-state index in [1.165, 1.54) is 25.7 Å². The first-order chi connectivity index (χ1) is 36.4. The van der Waals surface area contributed by atoms with Crippen LogP contribution in [-0.2, 0) is 32.7 Å². The smallest absolute Gasteiger partial charge is 0.756 e. The third kappa shape index (κ3) is 39.4. The second kappa shape index (κ2) is 40.4. The first-order valence-electron chi connectivity index (χ1n) is 32.3. The average Bonchev–Trinajstić information content (AvgIpc) is 3.33. The maximum absolute atomic E-state index is 13.4. The van der Waals surface area contributed by atoms with E-state index in [9.17, 15) is 24.2 Å². The summed E-state index contributed by atoms with van der Waals surface area (Å²) in [5, 5.41) is 18.4. The second-order valence-corrected chi connectivity index (χ2v) is 12.1. The van der Waals surface area contributed by atoms with Gasteiger partial charge in [-0.3, -0.25) is 14.2 Å². The number of aliphatic hydroxyl groups excluding tert-OH is 2. The van der Waals surface area contributed by atoms with Crippen LogP contribution in [0.1, 0.15) is 235 Å². The minimum atomic E-state index is -5.47. The summed E-state index contributed by atoms with van der Waals surface area (Å²) in [7, 11) is -5.47. The van der Waals surface area contributed by atoms with Gasteiger partial charge in [0.2, 0.25) is 0 Å². The predicted octanol–water partition coefficient (Wildman–Crippen LogP) is 6.82. The number of rotatable bonds is 39. The molecule has 0 aliphatic carbocycles.